The zero-order valence-electron chi connectivity index (χ0n) is 20.7. The van der Waals surface area contributed by atoms with Crippen molar-refractivity contribution in [2.45, 2.75) is 26.1 Å². The smallest absolute Gasteiger partial charge is 0.295 e. The number of nitrogens with zero attached hydrogens (tertiary/aromatic N) is 2. The van der Waals surface area contributed by atoms with Gasteiger partial charge < -0.3 is 14.7 Å². The first-order valence-electron chi connectivity index (χ1n) is 12.1. The predicted molar refractivity (Wildman–Crippen MR) is 148 cm³/mol. The Kier molecular flexibility index (Phi) is 7.38. The number of likely N-dealkylation sites (tertiary alicyclic amines) is 1. The fourth-order valence-corrected chi connectivity index (χ4v) is 5.00. The summed E-state index contributed by atoms with van der Waals surface area (Å²) < 4.78 is 6.70. The lowest BCUT2D eigenvalue weighted by Crippen LogP contribution is -2.29. The average molecular weight is 569 g/mol. The van der Waals surface area contributed by atoms with Crippen LogP contribution < -0.4 is 4.74 Å². The zero-order valence-corrected chi connectivity index (χ0v) is 22.3. The summed E-state index contributed by atoms with van der Waals surface area (Å²) in [5, 5.41) is 11.3. The molecule has 0 saturated carbocycles. The van der Waals surface area contributed by atoms with E-state index in [9.17, 15) is 14.7 Å². The normalized spacial score (nSPS) is 16.6. The van der Waals surface area contributed by atoms with Crippen molar-refractivity contribution in [1.82, 2.24) is 9.88 Å². The van der Waals surface area contributed by atoms with Crippen molar-refractivity contribution in [2.24, 2.45) is 0 Å². The average Bonchev–Trinajstić information content (AvgIpc) is 3.17. The second kappa shape index (κ2) is 11.0. The lowest BCUT2D eigenvalue weighted by molar-refractivity contribution is -0.140. The molecule has 0 spiro atoms. The van der Waals surface area contributed by atoms with E-state index in [1.54, 1.807) is 48.8 Å². The molecule has 38 heavy (non-hydrogen) atoms. The molecular formula is C31H25BrN2O4. The van der Waals surface area contributed by atoms with Crippen LogP contribution in [0.4, 0.5) is 0 Å². The molecule has 5 rings (SSSR count). The summed E-state index contributed by atoms with van der Waals surface area (Å²) in [6.45, 7) is 2.64. The van der Waals surface area contributed by atoms with Gasteiger partial charge in [-0.1, -0.05) is 57.9 Å². The number of aromatic nitrogens is 1. The van der Waals surface area contributed by atoms with Crippen LogP contribution in [-0.4, -0.2) is 26.7 Å². The van der Waals surface area contributed by atoms with Gasteiger partial charge in [-0.3, -0.25) is 14.6 Å². The molecule has 4 aromatic rings. The number of rotatable bonds is 7. The van der Waals surface area contributed by atoms with Gasteiger partial charge in [0.15, 0.2) is 0 Å². The van der Waals surface area contributed by atoms with Crippen molar-refractivity contribution in [3.8, 4) is 5.75 Å². The van der Waals surface area contributed by atoms with Crippen molar-refractivity contribution < 1.29 is 19.4 Å². The molecule has 1 amide bonds. The molecule has 1 atom stereocenters. The Morgan fingerprint density at radius 2 is 1.68 bits per heavy atom. The highest BCUT2D eigenvalue weighted by Gasteiger charge is 2.46. The maximum atomic E-state index is 13.3. The number of aliphatic hydroxyl groups excluding tert-OH is 1. The minimum absolute atomic E-state index is 0.0515. The Bertz CT molecular complexity index is 1520. The lowest BCUT2D eigenvalue weighted by Gasteiger charge is -2.25. The van der Waals surface area contributed by atoms with Crippen molar-refractivity contribution in [3.63, 3.8) is 0 Å². The summed E-state index contributed by atoms with van der Waals surface area (Å²) in [4.78, 5) is 32.0. The minimum atomic E-state index is -0.752. The van der Waals surface area contributed by atoms with Crippen LogP contribution in [0.25, 0.3) is 5.76 Å². The Balaban J connectivity index is 1.47. The van der Waals surface area contributed by atoms with Crippen LogP contribution in [-0.2, 0) is 22.7 Å². The molecule has 1 aromatic heterocycles. The fraction of sp³-hybridized carbons (Fsp3) is 0.129. The first-order valence-corrected chi connectivity index (χ1v) is 12.9. The Labute approximate surface area is 229 Å². The number of ether oxygens (including phenoxy) is 1. The molecule has 1 unspecified atom stereocenters. The number of carbonyl (C=O) groups is 2. The van der Waals surface area contributed by atoms with Crippen molar-refractivity contribution >= 4 is 33.4 Å². The summed E-state index contributed by atoms with van der Waals surface area (Å²) in [6, 6.07) is 25.2. The van der Waals surface area contributed by atoms with E-state index in [0.717, 1.165) is 21.2 Å². The molecular weight excluding hydrogens is 544 g/mol. The van der Waals surface area contributed by atoms with Crippen LogP contribution in [0.5, 0.6) is 5.75 Å². The van der Waals surface area contributed by atoms with E-state index >= 15 is 0 Å². The summed E-state index contributed by atoms with van der Waals surface area (Å²) in [5.41, 5.74) is 4.24. The molecule has 1 saturated heterocycles. The van der Waals surface area contributed by atoms with Crippen LogP contribution in [0, 0.1) is 6.92 Å². The first kappa shape index (κ1) is 25.4. The number of pyridine rings is 1. The van der Waals surface area contributed by atoms with Gasteiger partial charge in [-0.2, -0.15) is 0 Å². The van der Waals surface area contributed by atoms with Crippen molar-refractivity contribution in [2.75, 3.05) is 0 Å². The van der Waals surface area contributed by atoms with E-state index in [-0.39, 0.29) is 17.9 Å². The van der Waals surface area contributed by atoms with Crippen LogP contribution in [0.1, 0.15) is 33.9 Å². The molecule has 1 N–H and O–H groups in total. The van der Waals surface area contributed by atoms with E-state index < -0.39 is 17.7 Å². The molecule has 0 bridgehead atoms. The van der Waals surface area contributed by atoms with Crippen LogP contribution in [0.3, 0.4) is 0 Å². The molecule has 1 aliphatic heterocycles. The molecule has 2 heterocycles. The van der Waals surface area contributed by atoms with Gasteiger partial charge in [-0.15, -0.1) is 0 Å². The molecule has 0 radical (unpaired) electrons. The van der Waals surface area contributed by atoms with E-state index in [1.165, 1.54) is 4.90 Å². The van der Waals surface area contributed by atoms with Gasteiger partial charge in [-0.05, 0) is 72.1 Å². The highest BCUT2D eigenvalue weighted by Crippen LogP contribution is 2.41. The Morgan fingerprint density at radius 3 is 2.39 bits per heavy atom. The number of halogens is 1. The monoisotopic (exact) mass is 568 g/mol. The van der Waals surface area contributed by atoms with E-state index in [0.29, 0.717) is 23.5 Å². The van der Waals surface area contributed by atoms with Crippen LogP contribution in [0.2, 0.25) is 0 Å². The second-order valence-corrected chi connectivity index (χ2v) is 10.1. The van der Waals surface area contributed by atoms with Gasteiger partial charge in [0.2, 0.25) is 0 Å². The summed E-state index contributed by atoms with van der Waals surface area (Å²) in [6.07, 6.45) is 3.28. The molecule has 0 aliphatic carbocycles. The Morgan fingerprint density at radius 1 is 0.947 bits per heavy atom. The second-order valence-electron chi connectivity index (χ2n) is 9.14. The molecule has 1 fully saturated rings. The third kappa shape index (κ3) is 5.38. The molecule has 1 aliphatic rings. The number of carbonyl (C=O) groups excluding carboxylic acids is 2. The molecule has 190 valence electrons. The molecule has 3 aromatic carbocycles. The van der Waals surface area contributed by atoms with Gasteiger partial charge >= 0.3 is 0 Å². The maximum Gasteiger partial charge on any atom is 0.295 e. The standard InChI is InChI=1S/C31H25BrN2O4/c1-20-4-2-5-22(16-20)19-38-26-10-8-23(9-11-26)29(35)27-28(24-6-3-7-25(32)17-24)34(31(37)30(27)36)18-21-12-14-33-15-13-21/h2-17,28,35H,18-19H2,1H3/b29-27+. The quantitative estimate of drug-likeness (QED) is 0.159. The number of benzene rings is 3. The topological polar surface area (TPSA) is 79.7 Å². The summed E-state index contributed by atoms with van der Waals surface area (Å²) >= 11 is 3.48. The third-order valence-electron chi connectivity index (χ3n) is 6.42. The van der Waals surface area contributed by atoms with Crippen molar-refractivity contribution in [1.29, 1.82) is 0 Å². The van der Waals surface area contributed by atoms with Crippen molar-refractivity contribution in [3.05, 3.63) is 135 Å². The van der Waals surface area contributed by atoms with Crippen LogP contribution in [0.15, 0.2) is 107 Å². The predicted octanol–water partition coefficient (Wildman–Crippen LogP) is 6.35. The van der Waals surface area contributed by atoms with E-state index in [1.807, 2.05) is 49.4 Å². The number of hydrogen-bond acceptors (Lipinski definition) is 5. The first-order chi connectivity index (χ1) is 18.4. The third-order valence-corrected chi connectivity index (χ3v) is 6.92. The number of ketones is 1. The van der Waals surface area contributed by atoms with E-state index in [2.05, 4.69) is 27.0 Å². The minimum Gasteiger partial charge on any atom is -0.507 e. The number of amides is 1. The van der Waals surface area contributed by atoms with Gasteiger partial charge in [0.1, 0.15) is 18.1 Å². The van der Waals surface area contributed by atoms with Gasteiger partial charge in [0.25, 0.3) is 11.7 Å². The number of Topliss-reactive ketones (excluding diaryl/α,β-unsaturated/α-hetero) is 1. The molecule has 7 heteroatoms. The van der Waals surface area contributed by atoms with Gasteiger partial charge in [0.05, 0.1) is 11.6 Å². The van der Waals surface area contributed by atoms with Crippen LogP contribution >= 0.6 is 15.9 Å². The zero-order chi connectivity index (χ0) is 26.6. The SMILES string of the molecule is Cc1cccc(COc2ccc(/C(O)=C3\C(=O)C(=O)N(Cc4ccncc4)C3c3cccc(Br)c3)cc2)c1. The summed E-state index contributed by atoms with van der Waals surface area (Å²) in [7, 11) is 0. The van der Waals surface area contributed by atoms with E-state index in [4.69, 9.17) is 4.74 Å². The highest BCUT2D eigenvalue weighted by molar-refractivity contribution is 9.10. The Hall–Kier alpha value is -4.23. The lowest BCUT2D eigenvalue weighted by atomic mass is 9.95. The largest absolute Gasteiger partial charge is 0.507 e. The summed E-state index contributed by atoms with van der Waals surface area (Å²) in [5.74, 6) is -0.978. The highest BCUT2D eigenvalue weighted by atomic mass is 79.9. The molecule has 6 nitrogen and oxygen atoms in total. The number of hydrogen-bond donors (Lipinski definition) is 1. The number of aryl methyl sites for hydroxylation is 1. The fourth-order valence-electron chi connectivity index (χ4n) is 4.58. The van der Waals surface area contributed by atoms with Gasteiger partial charge in [0, 0.05) is 29.0 Å². The maximum absolute atomic E-state index is 13.3. The van der Waals surface area contributed by atoms with Gasteiger partial charge in [-0.25, -0.2) is 0 Å². The number of aliphatic hydroxyl groups is 1.